The molecule has 0 bridgehead atoms. The maximum Gasteiger partial charge on any atom is 0.244 e. The maximum absolute atomic E-state index is 12.5. The fourth-order valence-corrected chi connectivity index (χ4v) is 3.15. The Hall–Kier alpha value is -2.95. The van der Waals surface area contributed by atoms with Crippen LogP contribution in [0.15, 0.2) is 48.5 Å². The van der Waals surface area contributed by atoms with Gasteiger partial charge in [0.05, 0.1) is 6.04 Å². The molecule has 1 amide bonds. The van der Waals surface area contributed by atoms with E-state index in [0.717, 1.165) is 28.3 Å². The second kappa shape index (κ2) is 8.83. The van der Waals surface area contributed by atoms with Crippen LogP contribution in [0.3, 0.4) is 0 Å². The first-order chi connectivity index (χ1) is 13.4. The monoisotopic (exact) mass is 380 g/mol. The fraction of sp³-hybridized carbons (Fsp3) is 0.348. The van der Waals surface area contributed by atoms with Crippen LogP contribution >= 0.6 is 0 Å². The van der Waals surface area contributed by atoms with Crippen molar-refractivity contribution in [2.24, 2.45) is 5.92 Å². The predicted molar refractivity (Wildman–Crippen MR) is 113 cm³/mol. The van der Waals surface area contributed by atoms with Crippen LogP contribution in [-0.4, -0.2) is 33.2 Å². The average molecular weight is 380 g/mol. The summed E-state index contributed by atoms with van der Waals surface area (Å²) >= 11 is 0. The largest absolute Gasteiger partial charge is 0.486 e. The quantitative estimate of drug-likeness (QED) is 0.768. The van der Waals surface area contributed by atoms with Crippen molar-refractivity contribution < 1.29 is 14.3 Å². The standard InChI is InChI=1S/C23H28N2O3/c1-16(2)23(18-8-11-20-21(15-18)28-14-13-27-20)24-22(26)12-7-17-5-9-19(10-6-17)25(3)4/h5-12,15-16,23H,13-14H2,1-4H3,(H,24,26)/b12-7+. The third-order valence-electron chi connectivity index (χ3n) is 4.73. The van der Waals surface area contributed by atoms with E-state index in [1.54, 1.807) is 6.08 Å². The fourth-order valence-electron chi connectivity index (χ4n) is 3.15. The zero-order valence-electron chi connectivity index (χ0n) is 16.9. The van der Waals surface area contributed by atoms with Crippen LogP contribution in [0.5, 0.6) is 11.5 Å². The van der Waals surface area contributed by atoms with Crippen molar-refractivity contribution in [1.29, 1.82) is 0 Å². The lowest BCUT2D eigenvalue weighted by molar-refractivity contribution is -0.117. The van der Waals surface area contributed by atoms with Gasteiger partial charge in [0, 0.05) is 25.9 Å². The van der Waals surface area contributed by atoms with Gasteiger partial charge in [-0.2, -0.15) is 0 Å². The average Bonchev–Trinajstić information content (AvgIpc) is 2.70. The van der Waals surface area contributed by atoms with Gasteiger partial charge in [0.2, 0.25) is 5.91 Å². The molecule has 148 valence electrons. The molecule has 1 aliphatic heterocycles. The molecule has 2 aromatic carbocycles. The number of rotatable bonds is 6. The van der Waals surface area contributed by atoms with E-state index >= 15 is 0 Å². The first kappa shape index (κ1) is 19.8. The van der Waals surface area contributed by atoms with E-state index in [4.69, 9.17) is 9.47 Å². The van der Waals surface area contributed by atoms with Crippen molar-refractivity contribution in [3.63, 3.8) is 0 Å². The minimum Gasteiger partial charge on any atom is -0.486 e. The molecule has 0 saturated carbocycles. The number of fused-ring (bicyclic) bond motifs is 1. The van der Waals surface area contributed by atoms with Crippen LogP contribution in [0.2, 0.25) is 0 Å². The van der Waals surface area contributed by atoms with Crippen molar-refractivity contribution in [2.45, 2.75) is 19.9 Å². The van der Waals surface area contributed by atoms with Gasteiger partial charge < -0.3 is 19.7 Å². The van der Waals surface area contributed by atoms with Gasteiger partial charge in [-0.3, -0.25) is 4.79 Å². The van der Waals surface area contributed by atoms with E-state index in [9.17, 15) is 4.79 Å². The molecular formula is C23H28N2O3. The molecule has 3 rings (SSSR count). The van der Waals surface area contributed by atoms with E-state index in [-0.39, 0.29) is 17.9 Å². The smallest absolute Gasteiger partial charge is 0.244 e. The number of nitrogens with zero attached hydrogens (tertiary/aromatic N) is 1. The van der Waals surface area contributed by atoms with Crippen molar-refractivity contribution in [3.05, 3.63) is 59.7 Å². The second-order valence-corrected chi connectivity index (χ2v) is 7.45. The van der Waals surface area contributed by atoms with Gasteiger partial charge in [-0.05, 0) is 47.4 Å². The lowest BCUT2D eigenvalue weighted by atomic mass is 9.95. The van der Waals surface area contributed by atoms with Gasteiger partial charge in [-0.1, -0.05) is 32.0 Å². The normalized spacial score (nSPS) is 14.2. The highest BCUT2D eigenvalue weighted by Crippen LogP contribution is 2.34. The third kappa shape index (κ3) is 4.85. The van der Waals surface area contributed by atoms with Crippen molar-refractivity contribution in [2.75, 3.05) is 32.2 Å². The van der Waals surface area contributed by atoms with Crippen LogP contribution in [-0.2, 0) is 4.79 Å². The lowest BCUT2D eigenvalue weighted by Crippen LogP contribution is -2.30. The maximum atomic E-state index is 12.5. The number of nitrogens with one attached hydrogen (secondary N) is 1. The van der Waals surface area contributed by atoms with E-state index in [2.05, 4.69) is 19.2 Å². The Labute approximate surface area is 167 Å². The Morgan fingerprint density at radius 1 is 1.04 bits per heavy atom. The Balaban J connectivity index is 1.69. The van der Waals surface area contributed by atoms with Gasteiger partial charge in [0.15, 0.2) is 11.5 Å². The molecule has 0 aliphatic carbocycles. The molecule has 2 aromatic rings. The number of amides is 1. The van der Waals surface area contributed by atoms with E-state index in [1.165, 1.54) is 0 Å². The summed E-state index contributed by atoms with van der Waals surface area (Å²) in [7, 11) is 4.00. The summed E-state index contributed by atoms with van der Waals surface area (Å²) in [5, 5.41) is 3.11. The number of hydrogen-bond donors (Lipinski definition) is 1. The molecule has 0 saturated heterocycles. The van der Waals surface area contributed by atoms with Gasteiger partial charge in [-0.15, -0.1) is 0 Å². The summed E-state index contributed by atoms with van der Waals surface area (Å²) in [5.74, 6) is 1.61. The number of hydrogen-bond acceptors (Lipinski definition) is 4. The number of ether oxygens (including phenoxy) is 2. The van der Waals surface area contributed by atoms with Crippen molar-refractivity contribution >= 4 is 17.7 Å². The zero-order chi connectivity index (χ0) is 20.1. The summed E-state index contributed by atoms with van der Waals surface area (Å²) in [6.07, 6.45) is 3.41. The SMILES string of the molecule is CC(C)C(NC(=O)/C=C/c1ccc(N(C)C)cc1)c1ccc2c(c1)OCCO2. The summed E-state index contributed by atoms with van der Waals surface area (Å²) < 4.78 is 11.3. The molecule has 1 unspecified atom stereocenters. The van der Waals surface area contributed by atoms with Crippen LogP contribution in [0.4, 0.5) is 5.69 Å². The van der Waals surface area contributed by atoms with Gasteiger partial charge >= 0.3 is 0 Å². The molecule has 5 heteroatoms. The molecule has 0 aromatic heterocycles. The predicted octanol–water partition coefficient (Wildman–Crippen LogP) is 4.05. The first-order valence-electron chi connectivity index (χ1n) is 9.59. The summed E-state index contributed by atoms with van der Waals surface area (Å²) in [5.41, 5.74) is 3.12. The number of anilines is 1. The zero-order valence-corrected chi connectivity index (χ0v) is 16.9. The van der Waals surface area contributed by atoms with E-state index in [0.29, 0.717) is 13.2 Å². The summed E-state index contributed by atoms with van der Waals surface area (Å²) in [6.45, 7) is 5.29. The van der Waals surface area contributed by atoms with Crippen LogP contribution in [0.1, 0.15) is 31.0 Å². The molecule has 1 atom stereocenters. The van der Waals surface area contributed by atoms with Crippen molar-refractivity contribution in [3.8, 4) is 11.5 Å². The molecule has 0 fully saturated rings. The minimum atomic E-state index is -0.120. The Morgan fingerprint density at radius 3 is 2.36 bits per heavy atom. The van der Waals surface area contributed by atoms with Crippen molar-refractivity contribution in [1.82, 2.24) is 5.32 Å². The summed E-state index contributed by atoms with van der Waals surface area (Å²) in [4.78, 5) is 14.5. The lowest BCUT2D eigenvalue weighted by Gasteiger charge is -2.25. The highest BCUT2D eigenvalue weighted by atomic mass is 16.6. The first-order valence-corrected chi connectivity index (χ1v) is 9.59. The molecule has 28 heavy (non-hydrogen) atoms. The van der Waals surface area contributed by atoms with Crippen LogP contribution in [0, 0.1) is 5.92 Å². The molecule has 1 N–H and O–H groups in total. The van der Waals surface area contributed by atoms with Gasteiger partial charge in [0.25, 0.3) is 0 Å². The van der Waals surface area contributed by atoms with Crippen LogP contribution in [0.25, 0.3) is 6.08 Å². The molecular weight excluding hydrogens is 352 g/mol. The molecule has 1 aliphatic rings. The molecule has 0 spiro atoms. The third-order valence-corrected chi connectivity index (χ3v) is 4.73. The Kier molecular flexibility index (Phi) is 6.24. The van der Waals surface area contributed by atoms with Crippen LogP contribution < -0.4 is 19.7 Å². The van der Waals surface area contributed by atoms with E-state index in [1.807, 2.05) is 67.5 Å². The minimum absolute atomic E-state index is 0.107. The molecule has 5 nitrogen and oxygen atoms in total. The molecule has 1 heterocycles. The van der Waals surface area contributed by atoms with Gasteiger partial charge in [0.1, 0.15) is 13.2 Å². The Bertz CT molecular complexity index is 841. The number of carbonyl (C=O) groups is 1. The van der Waals surface area contributed by atoms with Gasteiger partial charge in [-0.25, -0.2) is 0 Å². The Morgan fingerprint density at radius 2 is 1.71 bits per heavy atom. The number of benzene rings is 2. The van der Waals surface area contributed by atoms with E-state index < -0.39 is 0 Å². The highest BCUT2D eigenvalue weighted by molar-refractivity contribution is 5.92. The highest BCUT2D eigenvalue weighted by Gasteiger charge is 2.20. The molecule has 0 radical (unpaired) electrons. The topological polar surface area (TPSA) is 50.8 Å². The number of carbonyl (C=O) groups excluding carboxylic acids is 1. The second-order valence-electron chi connectivity index (χ2n) is 7.45. The summed E-state index contributed by atoms with van der Waals surface area (Å²) in [6, 6.07) is 13.8.